The number of carbonyl (C=O) groups is 2. The molecule has 1 aromatic heterocycles. The highest BCUT2D eigenvalue weighted by Crippen LogP contribution is 2.39. The zero-order valence-corrected chi connectivity index (χ0v) is 13.1. The third-order valence-electron chi connectivity index (χ3n) is 4.76. The highest BCUT2D eigenvalue weighted by molar-refractivity contribution is 7.17. The van der Waals surface area contributed by atoms with Crippen molar-refractivity contribution in [2.45, 2.75) is 51.9 Å². The molecule has 0 atom stereocenters. The minimum absolute atomic E-state index is 0.00400. The summed E-state index contributed by atoms with van der Waals surface area (Å²) in [5, 5.41) is 12.9. The van der Waals surface area contributed by atoms with Crippen molar-refractivity contribution in [1.29, 1.82) is 0 Å². The lowest BCUT2D eigenvalue weighted by molar-refractivity contribution is -0.120. The smallest absolute Gasteiger partial charge is 0.339 e. The molecule has 0 aromatic carbocycles. The summed E-state index contributed by atoms with van der Waals surface area (Å²) in [4.78, 5) is 25.0. The van der Waals surface area contributed by atoms with Crippen LogP contribution in [0.5, 0.6) is 0 Å². The maximum Gasteiger partial charge on any atom is 0.339 e. The highest BCUT2D eigenvalue weighted by atomic mass is 32.1. The molecule has 2 N–H and O–H groups in total. The van der Waals surface area contributed by atoms with Crippen LogP contribution in [0.3, 0.4) is 0 Å². The largest absolute Gasteiger partial charge is 0.478 e. The summed E-state index contributed by atoms with van der Waals surface area (Å²) >= 11 is 1.46. The van der Waals surface area contributed by atoms with Gasteiger partial charge in [0.25, 0.3) is 0 Å². The number of aryl methyl sites for hydroxylation is 1. The zero-order valence-electron chi connectivity index (χ0n) is 12.3. The number of amides is 1. The van der Waals surface area contributed by atoms with Crippen molar-refractivity contribution in [3.63, 3.8) is 0 Å². The lowest BCUT2D eigenvalue weighted by Gasteiger charge is -2.25. The van der Waals surface area contributed by atoms with E-state index in [1.165, 1.54) is 11.3 Å². The number of carboxylic acid groups (broad SMARTS) is 1. The first-order chi connectivity index (χ1) is 10.1. The van der Waals surface area contributed by atoms with Crippen molar-refractivity contribution in [3.05, 3.63) is 16.0 Å². The minimum Gasteiger partial charge on any atom is -0.478 e. The van der Waals surface area contributed by atoms with Gasteiger partial charge in [-0.1, -0.05) is 6.92 Å². The van der Waals surface area contributed by atoms with Gasteiger partial charge >= 0.3 is 5.97 Å². The van der Waals surface area contributed by atoms with Crippen LogP contribution in [0.15, 0.2) is 0 Å². The Morgan fingerprint density at radius 3 is 2.57 bits per heavy atom. The maximum absolute atomic E-state index is 12.4. The predicted octanol–water partition coefficient (Wildman–Crippen LogP) is 3.70. The molecular weight excluding hydrogens is 286 g/mol. The number of hydrogen-bond donors (Lipinski definition) is 2. The molecule has 1 saturated carbocycles. The number of hydrogen-bond acceptors (Lipinski definition) is 3. The number of nitrogens with one attached hydrogen (secondary N) is 1. The molecule has 1 amide bonds. The van der Waals surface area contributed by atoms with Gasteiger partial charge in [-0.05, 0) is 56.4 Å². The summed E-state index contributed by atoms with van der Waals surface area (Å²) < 4.78 is 0. The summed E-state index contributed by atoms with van der Waals surface area (Å²) in [6, 6.07) is 0. The summed E-state index contributed by atoms with van der Waals surface area (Å²) in [6.07, 6.45) is 6.80. The first-order valence-electron chi connectivity index (χ1n) is 7.75. The molecule has 0 bridgehead atoms. The van der Waals surface area contributed by atoms with Gasteiger partial charge in [0.05, 0.1) is 5.56 Å². The Morgan fingerprint density at radius 1 is 1.19 bits per heavy atom. The van der Waals surface area contributed by atoms with E-state index in [0.29, 0.717) is 16.5 Å². The number of anilines is 1. The van der Waals surface area contributed by atoms with E-state index in [2.05, 4.69) is 12.2 Å². The number of carboxylic acids is 1. The molecule has 1 heterocycles. The summed E-state index contributed by atoms with van der Waals surface area (Å²) in [5.74, 6) is -0.166. The Bertz CT molecular complexity index is 570. The van der Waals surface area contributed by atoms with Gasteiger partial charge in [-0.25, -0.2) is 4.79 Å². The molecular formula is C16H21NO3S. The Labute approximate surface area is 128 Å². The van der Waals surface area contributed by atoms with Crippen LogP contribution in [0.2, 0.25) is 0 Å². The first kappa shape index (κ1) is 14.6. The SMILES string of the molecule is CC1CCC(C(=O)Nc2sc3c(c2C(=O)O)CCC3)CC1. The van der Waals surface area contributed by atoms with E-state index in [9.17, 15) is 14.7 Å². The summed E-state index contributed by atoms with van der Waals surface area (Å²) in [5.41, 5.74) is 1.28. The van der Waals surface area contributed by atoms with Crippen LogP contribution in [0.25, 0.3) is 0 Å². The van der Waals surface area contributed by atoms with E-state index in [1.807, 2.05) is 0 Å². The fourth-order valence-corrected chi connectivity index (χ4v) is 4.74. The van der Waals surface area contributed by atoms with Gasteiger partial charge in [-0.3, -0.25) is 4.79 Å². The standard InChI is InChI=1S/C16H21NO3S/c1-9-5-7-10(8-6-9)14(18)17-15-13(16(19)20)11-3-2-4-12(11)21-15/h9-10H,2-8H2,1H3,(H,17,18)(H,19,20). The predicted molar refractivity (Wildman–Crippen MR) is 83.1 cm³/mol. The van der Waals surface area contributed by atoms with Gasteiger partial charge in [0.1, 0.15) is 5.00 Å². The van der Waals surface area contributed by atoms with Crippen LogP contribution in [0.1, 0.15) is 59.8 Å². The Kier molecular flexibility index (Phi) is 4.02. The molecule has 21 heavy (non-hydrogen) atoms. The third kappa shape index (κ3) is 2.84. The number of aromatic carboxylic acids is 1. The molecule has 2 aliphatic rings. The topological polar surface area (TPSA) is 66.4 Å². The van der Waals surface area contributed by atoms with E-state index < -0.39 is 5.97 Å². The molecule has 114 valence electrons. The Balaban J connectivity index is 1.76. The van der Waals surface area contributed by atoms with Gasteiger partial charge in [-0.2, -0.15) is 0 Å². The highest BCUT2D eigenvalue weighted by Gasteiger charge is 2.29. The fourth-order valence-electron chi connectivity index (χ4n) is 3.45. The second-order valence-corrected chi connectivity index (χ2v) is 7.42. The van der Waals surface area contributed by atoms with Crippen molar-refractivity contribution in [3.8, 4) is 0 Å². The maximum atomic E-state index is 12.4. The van der Waals surface area contributed by atoms with Crippen LogP contribution in [0.4, 0.5) is 5.00 Å². The van der Waals surface area contributed by atoms with E-state index in [1.54, 1.807) is 0 Å². The van der Waals surface area contributed by atoms with Gasteiger partial charge in [-0.15, -0.1) is 11.3 Å². The molecule has 0 unspecified atom stereocenters. The summed E-state index contributed by atoms with van der Waals surface area (Å²) in [7, 11) is 0. The molecule has 0 saturated heterocycles. The van der Waals surface area contributed by atoms with Gasteiger partial charge in [0.2, 0.25) is 5.91 Å². The van der Waals surface area contributed by atoms with E-state index in [-0.39, 0.29) is 11.8 Å². The zero-order chi connectivity index (χ0) is 15.0. The minimum atomic E-state index is -0.915. The molecule has 0 aliphatic heterocycles. The Hall–Kier alpha value is -1.36. The fraction of sp³-hybridized carbons (Fsp3) is 0.625. The molecule has 0 radical (unpaired) electrons. The number of fused-ring (bicyclic) bond motifs is 1. The second kappa shape index (κ2) is 5.79. The van der Waals surface area contributed by atoms with Gasteiger partial charge in [0, 0.05) is 10.8 Å². The first-order valence-corrected chi connectivity index (χ1v) is 8.56. The van der Waals surface area contributed by atoms with Crippen molar-refractivity contribution in [2.75, 3.05) is 5.32 Å². The molecule has 1 fully saturated rings. The monoisotopic (exact) mass is 307 g/mol. The van der Waals surface area contributed by atoms with Crippen molar-refractivity contribution < 1.29 is 14.7 Å². The molecule has 0 spiro atoms. The van der Waals surface area contributed by atoms with Crippen LogP contribution < -0.4 is 5.32 Å². The molecule has 5 heteroatoms. The Morgan fingerprint density at radius 2 is 1.90 bits per heavy atom. The van der Waals surface area contributed by atoms with E-state index in [4.69, 9.17) is 0 Å². The van der Waals surface area contributed by atoms with Crippen molar-refractivity contribution in [2.24, 2.45) is 11.8 Å². The molecule has 4 nitrogen and oxygen atoms in total. The number of thiophene rings is 1. The summed E-state index contributed by atoms with van der Waals surface area (Å²) in [6.45, 7) is 2.22. The lowest BCUT2D eigenvalue weighted by atomic mass is 9.82. The van der Waals surface area contributed by atoms with Crippen molar-refractivity contribution >= 4 is 28.2 Å². The van der Waals surface area contributed by atoms with Crippen LogP contribution in [-0.4, -0.2) is 17.0 Å². The molecule has 1 aromatic rings. The van der Waals surface area contributed by atoms with Crippen molar-refractivity contribution in [1.82, 2.24) is 0 Å². The van der Waals surface area contributed by atoms with Crippen LogP contribution >= 0.6 is 11.3 Å². The number of carbonyl (C=O) groups excluding carboxylic acids is 1. The average molecular weight is 307 g/mol. The average Bonchev–Trinajstić information content (AvgIpc) is 2.98. The van der Waals surface area contributed by atoms with E-state index in [0.717, 1.165) is 55.4 Å². The lowest BCUT2D eigenvalue weighted by Crippen LogP contribution is -2.26. The van der Waals surface area contributed by atoms with Gasteiger partial charge in [0.15, 0.2) is 0 Å². The quantitative estimate of drug-likeness (QED) is 0.894. The second-order valence-electron chi connectivity index (χ2n) is 6.31. The van der Waals surface area contributed by atoms with Crippen LogP contribution in [0, 0.1) is 11.8 Å². The number of rotatable bonds is 3. The van der Waals surface area contributed by atoms with E-state index >= 15 is 0 Å². The third-order valence-corrected chi connectivity index (χ3v) is 5.97. The molecule has 3 rings (SSSR count). The van der Waals surface area contributed by atoms with Gasteiger partial charge < -0.3 is 10.4 Å². The normalized spacial score (nSPS) is 24.6. The van der Waals surface area contributed by atoms with Crippen LogP contribution in [-0.2, 0) is 17.6 Å². The molecule has 2 aliphatic carbocycles.